The van der Waals surface area contributed by atoms with Crippen molar-refractivity contribution in [3.63, 3.8) is 0 Å². The maximum atomic E-state index is 12.5. The Hall–Kier alpha value is -3.48. The highest BCUT2D eigenvalue weighted by Gasteiger charge is 2.21. The van der Waals surface area contributed by atoms with Crippen LogP contribution in [-0.4, -0.2) is 26.6 Å². The first kappa shape index (κ1) is 18.3. The minimum absolute atomic E-state index is 0.113. The van der Waals surface area contributed by atoms with Gasteiger partial charge in [-0.15, -0.1) is 0 Å². The van der Waals surface area contributed by atoms with E-state index in [1.165, 1.54) is 0 Å². The van der Waals surface area contributed by atoms with E-state index >= 15 is 0 Å². The van der Waals surface area contributed by atoms with Crippen molar-refractivity contribution in [1.29, 1.82) is 0 Å². The molecule has 3 aromatic rings. The maximum absolute atomic E-state index is 12.5. The lowest BCUT2D eigenvalue weighted by molar-refractivity contribution is -0.123. The van der Waals surface area contributed by atoms with E-state index in [1.54, 1.807) is 59.7 Å². The number of hydrogen-bond acceptors (Lipinski definition) is 4. The zero-order chi connectivity index (χ0) is 19.4. The lowest BCUT2D eigenvalue weighted by Gasteiger charge is -2.18. The van der Waals surface area contributed by atoms with Crippen LogP contribution in [0, 0.1) is 5.41 Å². The van der Waals surface area contributed by atoms with Crippen LogP contribution >= 0.6 is 0 Å². The Kier molecular flexibility index (Phi) is 5.03. The van der Waals surface area contributed by atoms with E-state index in [2.05, 4.69) is 20.7 Å². The fraction of sp³-hybridized carbons (Fsp3) is 0.200. The number of nitrogens with zero attached hydrogens (tertiary/aromatic N) is 3. The van der Waals surface area contributed by atoms with E-state index in [9.17, 15) is 9.59 Å². The van der Waals surface area contributed by atoms with Gasteiger partial charge in [0.1, 0.15) is 0 Å². The van der Waals surface area contributed by atoms with Crippen LogP contribution < -0.4 is 10.6 Å². The molecule has 0 spiro atoms. The Balaban J connectivity index is 1.69. The lowest BCUT2D eigenvalue weighted by atomic mass is 9.95. The second-order valence-electron chi connectivity index (χ2n) is 7.09. The van der Waals surface area contributed by atoms with Gasteiger partial charge in [-0.3, -0.25) is 9.59 Å². The van der Waals surface area contributed by atoms with Crippen LogP contribution in [0.1, 0.15) is 31.1 Å². The first-order valence-electron chi connectivity index (χ1n) is 8.52. The third kappa shape index (κ3) is 4.58. The van der Waals surface area contributed by atoms with E-state index in [-0.39, 0.29) is 11.8 Å². The Morgan fingerprint density at radius 3 is 2.44 bits per heavy atom. The maximum Gasteiger partial charge on any atom is 0.255 e. The summed E-state index contributed by atoms with van der Waals surface area (Å²) in [6.45, 7) is 5.50. The van der Waals surface area contributed by atoms with Crippen molar-refractivity contribution in [2.75, 3.05) is 10.6 Å². The third-order valence-corrected chi connectivity index (χ3v) is 3.81. The van der Waals surface area contributed by atoms with Gasteiger partial charge in [0.25, 0.3) is 5.91 Å². The fourth-order valence-electron chi connectivity index (χ4n) is 2.26. The first-order valence-corrected chi connectivity index (χ1v) is 8.52. The molecule has 0 aliphatic rings. The number of carbonyl (C=O) groups excluding carboxylic acids is 2. The number of benzene rings is 1. The minimum atomic E-state index is -0.514. The standard InChI is InChI=1S/C20H21N5O2/c1-20(2,3)19(27)24-15-7-4-6-14(12-15)18(26)23-16-8-9-17(21-13-16)25-11-5-10-22-25/h4-13H,1-3H3,(H,23,26)(H,24,27). The van der Waals surface area contributed by atoms with Crippen molar-refractivity contribution in [3.8, 4) is 5.82 Å². The summed E-state index contributed by atoms with van der Waals surface area (Å²) in [6, 6.07) is 12.1. The predicted octanol–water partition coefficient (Wildman–Crippen LogP) is 3.50. The highest BCUT2D eigenvalue weighted by Crippen LogP contribution is 2.19. The normalized spacial score (nSPS) is 11.1. The molecule has 138 valence electrons. The van der Waals surface area contributed by atoms with Crippen LogP contribution in [0.4, 0.5) is 11.4 Å². The van der Waals surface area contributed by atoms with Crippen LogP contribution in [-0.2, 0) is 4.79 Å². The second kappa shape index (κ2) is 7.41. The number of pyridine rings is 1. The molecule has 27 heavy (non-hydrogen) atoms. The van der Waals surface area contributed by atoms with Crippen molar-refractivity contribution in [1.82, 2.24) is 14.8 Å². The quantitative estimate of drug-likeness (QED) is 0.742. The molecule has 0 radical (unpaired) electrons. The molecule has 3 rings (SSSR count). The monoisotopic (exact) mass is 363 g/mol. The van der Waals surface area contributed by atoms with Gasteiger partial charge in [-0.1, -0.05) is 26.8 Å². The summed E-state index contributed by atoms with van der Waals surface area (Å²) in [4.78, 5) is 28.9. The number of anilines is 2. The van der Waals surface area contributed by atoms with Crippen molar-refractivity contribution in [2.24, 2.45) is 5.41 Å². The Morgan fingerprint density at radius 1 is 1.00 bits per heavy atom. The summed E-state index contributed by atoms with van der Waals surface area (Å²) in [7, 11) is 0. The SMILES string of the molecule is CC(C)(C)C(=O)Nc1cccc(C(=O)Nc2ccc(-n3cccn3)nc2)c1. The summed E-state index contributed by atoms with van der Waals surface area (Å²) in [5.41, 5.74) is 1.08. The molecule has 7 heteroatoms. The Morgan fingerprint density at radius 2 is 1.81 bits per heavy atom. The summed E-state index contributed by atoms with van der Waals surface area (Å²) >= 11 is 0. The molecule has 2 aromatic heterocycles. The van der Waals surface area contributed by atoms with Crippen LogP contribution in [0.5, 0.6) is 0 Å². The molecule has 2 heterocycles. The average Bonchev–Trinajstić information content (AvgIpc) is 3.16. The molecular formula is C20H21N5O2. The van der Waals surface area contributed by atoms with Gasteiger partial charge < -0.3 is 10.6 Å². The van der Waals surface area contributed by atoms with Gasteiger partial charge in [0.05, 0.1) is 11.9 Å². The number of rotatable bonds is 4. The van der Waals surface area contributed by atoms with E-state index in [0.29, 0.717) is 22.8 Å². The molecule has 0 atom stereocenters. The Bertz CT molecular complexity index is 941. The van der Waals surface area contributed by atoms with Gasteiger partial charge in [0, 0.05) is 29.1 Å². The van der Waals surface area contributed by atoms with E-state index in [0.717, 1.165) is 0 Å². The second-order valence-corrected chi connectivity index (χ2v) is 7.09. The van der Waals surface area contributed by atoms with Gasteiger partial charge >= 0.3 is 0 Å². The molecule has 0 aliphatic carbocycles. The molecule has 2 amide bonds. The average molecular weight is 363 g/mol. The molecule has 0 bridgehead atoms. The van der Waals surface area contributed by atoms with Crippen LogP contribution in [0.2, 0.25) is 0 Å². The molecule has 2 N–H and O–H groups in total. The summed E-state index contributed by atoms with van der Waals surface area (Å²) in [5, 5.41) is 9.73. The van der Waals surface area contributed by atoms with Crippen molar-refractivity contribution in [2.45, 2.75) is 20.8 Å². The number of carbonyl (C=O) groups is 2. The minimum Gasteiger partial charge on any atom is -0.326 e. The molecule has 0 fully saturated rings. The third-order valence-electron chi connectivity index (χ3n) is 3.81. The molecular weight excluding hydrogens is 342 g/mol. The smallest absolute Gasteiger partial charge is 0.255 e. The van der Waals surface area contributed by atoms with Crippen LogP contribution in [0.3, 0.4) is 0 Å². The fourth-order valence-corrected chi connectivity index (χ4v) is 2.26. The Labute approximate surface area is 157 Å². The number of amides is 2. The van der Waals surface area contributed by atoms with E-state index in [4.69, 9.17) is 0 Å². The van der Waals surface area contributed by atoms with Crippen molar-refractivity contribution in [3.05, 3.63) is 66.6 Å². The zero-order valence-electron chi connectivity index (χ0n) is 15.4. The van der Waals surface area contributed by atoms with E-state index in [1.807, 2.05) is 26.8 Å². The summed E-state index contributed by atoms with van der Waals surface area (Å²) in [6.07, 6.45) is 5.03. The van der Waals surface area contributed by atoms with Crippen molar-refractivity contribution >= 4 is 23.2 Å². The summed E-state index contributed by atoms with van der Waals surface area (Å²) < 4.78 is 1.63. The molecule has 0 saturated heterocycles. The van der Waals surface area contributed by atoms with Gasteiger partial charge in [-0.2, -0.15) is 5.10 Å². The zero-order valence-corrected chi connectivity index (χ0v) is 15.4. The molecule has 0 unspecified atom stereocenters. The largest absolute Gasteiger partial charge is 0.326 e. The number of nitrogens with one attached hydrogen (secondary N) is 2. The summed E-state index contributed by atoms with van der Waals surface area (Å²) in [5.74, 6) is 0.263. The first-order chi connectivity index (χ1) is 12.8. The van der Waals surface area contributed by atoms with Crippen LogP contribution in [0.25, 0.3) is 5.82 Å². The highest BCUT2D eigenvalue weighted by atomic mass is 16.2. The predicted molar refractivity (Wildman–Crippen MR) is 104 cm³/mol. The molecule has 7 nitrogen and oxygen atoms in total. The van der Waals surface area contributed by atoms with Gasteiger partial charge in [-0.05, 0) is 36.4 Å². The van der Waals surface area contributed by atoms with Gasteiger partial charge in [0.15, 0.2) is 5.82 Å². The molecule has 0 aliphatic heterocycles. The topological polar surface area (TPSA) is 88.9 Å². The van der Waals surface area contributed by atoms with Gasteiger partial charge in [-0.25, -0.2) is 9.67 Å². The number of hydrogen-bond donors (Lipinski definition) is 2. The van der Waals surface area contributed by atoms with Gasteiger partial charge in [0.2, 0.25) is 5.91 Å². The highest BCUT2D eigenvalue weighted by molar-refractivity contribution is 6.05. The molecule has 1 aromatic carbocycles. The van der Waals surface area contributed by atoms with E-state index < -0.39 is 5.41 Å². The molecule has 0 saturated carbocycles. The lowest BCUT2D eigenvalue weighted by Crippen LogP contribution is -2.27. The van der Waals surface area contributed by atoms with Crippen molar-refractivity contribution < 1.29 is 9.59 Å². The number of aromatic nitrogens is 3. The van der Waals surface area contributed by atoms with Crippen LogP contribution in [0.15, 0.2) is 61.1 Å².